The maximum absolute atomic E-state index is 12.4. The van der Waals surface area contributed by atoms with E-state index in [9.17, 15) is 9.59 Å². The van der Waals surface area contributed by atoms with Crippen molar-refractivity contribution in [1.82, 2.24) is 19.7 Å². The van der Waals surface area contributed by atoms with E-state index in [1.165, 1.54) is 28.7 Å². The number of rotatable bonds is 11. The lowest BCUT2D eigenvalue weighted by atomic mass is 10.1. The van der Waals surface area contributed by atoms with Gasteiger partial charge >= 0.3 is 5.97 Å². The summed E-state index contributed by atoms with van der Waals surface area (Å²) in [5.41, 5.74) is 1.89. The highest BCUT2D eigenvalue weighted by atomic mass is 32.2. The van der Waals surface area contributed by atoms with Crippen LogP contribution in [0.2, 0.25) is 0 Å². The molecule has 2 heterocycles. The Morgan fingerprint density at radius 2 is 2.12 bits per heavy atom. The van der Waals surface area contributed by atoms with Crippen LogP contribution in [0, 0.1) is 0 Å². The van der Waals surface area contributed by atoms with E-state index in [2.05, 4.69) is 51.3 Å². The van der Waals surface area contributed by atoms with E-state index < -0.39 is 0 Å². The van der Waals surface area contributed by atoms with Gasteiger partial charge in [-0.15, -0.1) is 28.1 Å². The Balaban J connectivity index is 1.34. The lowest BCUT2D eigenvalue weighted by molar-refractivity contribution is -0.142. The number of allylic oxidation sites excluding steroid dienone is 1. The van der Waals surface area contributed by atoms with E-state index in [1.807, 2.05) is 16.7 Å². The van der Waals surface area contributed by atoms with Crippen molar-refractivity contribution in [3.05, 3.63) is 65.4 Å². The van der Waals surface area contributed by atoms with Gasteiger partial charge in [0.2, 0.25) is 5.91 Å². The number of nitrogens with zero attached hydrogens (tertiary/aromatic N) is 4. The SMILES string of the molecule is C=CCn1c(SCC(=O)Nc2nc(CC(=O)OCC)cs2)nnc1C1CC1c1ccccc1. The van der Waals surface area contributed by atoms with Gasteiger partial charge in [-0.3, -0.25) is 9.59 Å². The zero-order valence-electron chi connectivity index (χ0n) is 18.3. The van der Waals surface area contributed by atoms with Gasteiger partial charge < -0.3 is 14.6 Å². The summed E-state index contributed by atoms with van der Waals surface area (Å²) in [6.45, 7) is 6.53. The highest BCUT2D eigenvalue weighted by Crippen LogP contribution is 2.54. The molecule has 1 aromatic carbocycles. The van der Waals surface area contributed by atoms with Crippen molar-refractivity contribution in [2.75, 3.05) is 17.7 Å². The number of aromatic nitrogens is 4. The molecule has 2 aromatic heterocycles. The molecule has 1 fully saturated rings. The molecule has 33 heavy (non-hydrogen) atoms. The lowest BCUT2D eigenvalue weighted by Crippen LogP contribution is -2.15. The summed E-state index contributed by atoms with van der Waals surface area (Å²) in [4.78, 5) is 28.3. The summed E-state index contributed by atoms with van der Waals surface area (Å²) in [6, 6.07) is 10.4. The molecule has 2 atom stereocenters. The molecular formula is C23H25N5O3S2. The molecular weight excluding hydrogens is 458 g/mol. The molecule has 10 heteroatoms. The summed E-state index contributed by atoms with van der Waals surface area (Å²) in [5, 5.41) is 14.4. The lowest BCUT2D eigenvalue weighted by Gasteiger charge is -2.07. The molecule has 0 aliphatic heterocycles. The Bertz CT molecular complexity index is 1130. The number of nitrogens with one attached hydrogen (secondary N) is 1. The van der Waals surface area contributed by atoms with Crippen LogP contribution in [-0.4, -0.2) is 44.0 Å². The second-order valence-electron chi connectivity index (χ2n) is 7.56. The van der Waals surface area contributed by atoms with Crippen LogP contribution in [-0.2, 0) is 27.3 Å². The van der Waals surface area contributed by atoms with Crippen molar-refractivity contribution >= 4 is 40.1 Å². The fourth-order valence-corrected chi connectivity index (χ4v) is 5.10. The quantitative estimate of drug-likeness (QED) is 0.250. The number of carbonyl (C=O) groups excluding carboxylic acids is 2. The first kappa shape index (κ1) is 23.2. The molecule has 172 valence electrons. The number of benzene rings is 1. The Hall–Kier alpha value is -2.98. The van der Waals surface area contributed by atoms with Crippen LogP contribution in [0.25, 0.3) is 0 Å². The summed E-state index contributed by atoms with van der Waals surface area (Å²) in [7, 11) is 0. The van der Waals surface area contributed by atoms with E-state index in [0.717, 1.165) is 12.2 Å². The van der Waals surface area contributed by atoms with E-state index in [1.54, 1.807) is 12.3 Å². The largest absolute Gasteiger partial charge is 0.466 e. The minimum absolute atomic E-state index is 0.0908. The number of thiazole rings is 1. The van der Waals surface area contributed by atoms with Crippen molar-refractivity contribution < 1.29 is 14.3 Å². The summed E-state index contributed by atoms with van der Waals surface area (Å²) in [6.07, 6.45) is 2.95. The first-order valence-corrected chi connectivity index (χ1v) is 12.6. The molecule has 0 spiro atoms. The van der Waals surface area contributed by atoms with Crippen LogP contribution in [0.4, 0.5) is 5.13 Å². The van der Waals surface area contributed by atoms with Gasteiger partial charge in [0, 0.05) is 17.8 Å². The summed E-state index contributed by atoms with van der Waals surface area (Å²) >= 11 is 2.61. The fourth-order valence-electron chi connectivity index (χ4n) is 3.62. The molecule has 1 aliphatic rings. The third-order valence-corrected chi connectivity index (χ3v) is 6.94. The molecule has 1 amide bonds. The second kappa shape index (κ2) is 10.8. The Labute approximate surface area is 200 Å². The number of ether oxygens (including phenoxy) is 1. The molecule has 0 bridgehead atoms. The van der Waals surface area contributed by atoms with Crippen LogP contribution in [0.5, 0.6) is 0 Å². The zero-order valence-corrected chi connectivity index (χ0v) is 19.9. The van der Waals surface area contributed by atoms with Gasteiger partial charge in [0.1, 0.15) is 5.82 Å². The Kier molecular flexibility index (Phi) is 7.56. The van der Waals surface area contributed by atoms with E-state index in [0.29, 0.717) is 41.0 Å². The van der Waals surface area contributed by atoms with Crippen LogP contribution in [0.1, 0.15) is 42.3 Å². The standard InChI is InChI=1S/C23H25N5O3S2/c1-3-10-28-21(18-12-17(18)15-8-6-5-7-9-15)26-27-23(28)33-14-19(29)25-22-24-16(13-32-22)11-20(30)31-4-2/h3,5-9,13,17-18H,1,4,10-12,14H2,2H3,(H,24,25,29). The van der Waals surface area contributed by atoms with E-state index >= 15 is 0 Å². The third kappa shape index (κ3) is 5.88. The Morgan fingerprint density at radius 3 is 2.88 bits per heavy atom. The maximum Gasteiger partial charge on any atom is 0.311 e. The topological polar surface area (TPSA) is 99.0 Å². The zero-order chi connectivity index (χ0) is 23.2. The number of esters is 1. The number of anilines is 1. The summed E-state index contributed by atoms with van der Waals surface area (Å²) < 4.78 is 6.96. The van der Waals surface area contributed by atoms with Crippen LogP contribution in [0.3, 0.4) is 0 Å². The second-order valence-corrected chi connectivity index (χ2v) is 9.36. The van der Waals surface area contributed by atoms with Gasteiger partial charge in [-0.1, -0.05) is 48.2 Å². The van der Waals surface area contributed by atoms with Gasteiger partial charge in [0.25, 0.3) is 0 Å². The number of amides is 1. The average Bonchev–Trinajstić information content (AvgIpc) is 3.32. The average molecular weight is 484 g/mol. The highest BCUT2D eigenvalue weighted by Gasteiger charge is 2.43. The predicted molar refractivity (Wildman–Crippen MR) is 129 cm³/mol. The number of hydrogen-bond donors (Lipinski definition) is 1. The number of hydrogen-bond acceptors (Lipinski definition) is 8. The molecule has 1 saturated carbocycles. The van der Waals surface area contributed by atoms with Crippen molar-refractivity contribution in [3.63, 3.8) is 0 Å². The van der Waals surface area contributed by atoms with Gasteiger partial charge in [0.15, 0.2) is 10.3 Å². The van der Waals surface area contributed by atoms with Crippen molar-refractivity contribution in [2.24, 2.45) is 0 Å². The monoisotopic (exact) mass is 483 g/mol. The van der Waals surface area contributed by atoms with Gasteiger partial charge in [-0.2, -0.15) is 0 Å². The van der Waals surface area contributed by atoms with Crippen LogP contribution in [0.15, 0.2) is 53.5 Å². The Morgan fingerprint density at radius 1 is 1.30 bits per heavy atom. The van der Waals surface area contributed by atoms with Crippen LogP contribution >= 0.6 is 23.1 Å². The maximum atomic E-state index is 12.4. The van der Waals surface area contributed by atoms with E-state index in [4.69, 9.17) is 4.74 Å². The molecule has 0 radical (unpaired) electrons. The van der Waals surface area contributed by atoms with Gasteiger partial charge in [-0.05, 0) is 24.8 Å². The van der Waals surface area contributed by atoms with Crippen molar-refractivity contribution in [2.45, 2.75) is 43.3 Å². The summed E-state index contributed by atoms with van der Waals surface area (Å²) in [5.74, 6) is 1.37. The number of thioether (sulfide) groups is 1. The third-order valence-electron chi connectivity index (χ3n) is 5.17. The molecule has 3 aromatic rings. The predicted octanol–water partition coefficient (Wildman–Crippen LogP) is 4.03. The van der Waals surface area contributed by atoms with E-state index in [-0.39, 0.29) is 24.1 Å². The minimum atomic E-state index is -0.334. The molecule has 2 unspecified atom stereocenters. The molecule has 4 rings (SSSR count). The molecule has 8 nitrogen and oxygen atoms in total. The van der Waals surface area contributed by atoms with Gasteiger partial charge in [-0.25, -0.2) is 4.98 Å². The number of carbonyl (C=O) groups is 2. The smallest absolute Gasteiger partial charge is 0.311 e. The molecule has 0 saturated heterocycles. The van der Waals surface area contributed by atoms with Crippen molar-refractivity contribution in [3.8, 4) is 0 Å². The highest BCUT2D eigenvalue weighted by molar-refractivity contribution is 7.99. The fraction of sp³-hybridized carbons (Fsp3) is 0.348. The van der Waals surface area contributed by atoms with Crippen molar-refractivity contribution in [1.29, 1.82) is 0 Å². The van der Waals surface area contributed by atoms with Crippen LogP contribution < -0.4 is 5.32 Å². The first-order valence-electron chi connectivity index (χ1n) is 10.7. The normalized spacial score (nSPS) is 16.9. The minimum Gasteiger partial charge on any atom is -0.466 e. The molecule has 1 N–H and O–H groups in total. The van der Waals surface area contributed by atoms with Gasteiger partial charge in [0.05, 0.1) is 24.5 Å². The molecule has 1 aliphatic carbocycles. The first-order chi connectivity index (χ1) is 16.1.